The topological polar surface area (TPSA) is 95.5 Å². The van der Waals surface area contributed by atoms with E-state index in [0.717, 1.165) is 36.8 Å². The van der Waals surface area contributed by atoms with Crippen LogP contribution in [0, 0.1) is 34.6 Å². The molecule has 0 aromatic heterocycles. The third-order valence-corrected chi connectivity index (χ3v) is 9.26. The lowest BCUT2D eigenvalue weighted by Crippen LogP contribution is -2.41. The van der Waals surface area contributed by atoms with Gasteiger partial charge in [-0.1, -0.05) is 36.4 Å². The van der Waals surface area contributed by atoms with Crippen molar-refractivity contribution >= 4 is 23.5 Å². The van der Waals surface area contributed by atoms with E-state index in [1.807, 2.05) is 6.92 Å². The number of halogens is 6. The Bertz CT molecular complexity index is 2000. The second kappa shape index (κ2) is 13.6. The number of nitrogens with one attached hydrogen (secondary N) is 2. The van der Waals surface area contributed by atoms with Crippen molar-refractivity contribution in [3.63, 3.8) is 0 Å². The highest BCUT2D eigenvalue weighted by Crippen LogP contribution is 2.47. The predicted molar refractivity (Wildman–Crippen MR) is 178 cm³/mol. The SMILES string of the molecule is CNC(=O)c1cccc(C(C)(c2ccc(C(=O)O)c(C(=O)Nc3cc(C)c(C(c4cc(C)c(C)cc4C)C(F)(F)F)cc3C)c2)C(F)(F)F)c1. The van der Waals surface area contributed by atoms with Gasteiger partial charge in [-0.05, 0) is 122 Å². The molecular formula is C38H36F6N2O4. The second-order valence-corrected chi connectivity index (χ2v) is 12.6. The Labute approximate surface area is 285 Å². The fourth-order valence-corrected chi connectivity index (χ4v) is 6.13. The summed E-state index contributed by atoms with van der Waals surface area (Å²) in [5.74, 6) is -5.28. The van der Waals surface area contributed by atoms with Gasteiger partial charge >= 0.3 is 18.3 Å². The van der Waals surface area contributed by atoms with E-state index in [9.17, 15) is 45.8 Å². The van der Waals surface area contributed by atoms with Crippen LogP contribution >= 0.6 is 0 Å². The summed E-state index contributed by atoms with van der Waals surface area (Å²) in [5.41, 5.74) is -2.38. The standard InChI is InChI=1S/C38H36F6N2O4/c1-19-13-21(3)28(14-20(19)2)32(37(39,40)41)29-15-23(5)31(16-22(29)4)46-34(48)30-18-26(11-12-27(30)35(49)50)36(6,38(42,43)44)25-10-8-9-24(17-25)33(47)45-7/h8-18,32H,1-7H3,(H,45,47)(H,46,48)(H,49,50). The summed E-state index contributed by atoms with van der Waals surface area (Å²) in [6.45, 7) is 8.91. The predicted octanol–water partition coefficient (Wildman–Crippen LogP) is 9.10. The van der Waals surface area contributed by atoms with Gasteiger partial charge in [-0.25, -0.2) is 4.79 Å². The van der Waals surface area contributed by atoms with Gasteiger partial charge in [0.2, 0.25) is 0 Å². The number of aromatic carboxylic acids is 1. The fourth-order valence-electron chi connectivity index (χ4n) is 6.13. The molecule has 264 valence electrons. The number of rotatable bonds is 8. The number of aryl methyl sites for hydroxylation is 5. The normalized spacial score (nSPS) is 13.7. The first-order chi connectivity index (χ1) is 23.1. The van der Waals surface area contributed by atoms with Crippen molar-refractivity contribution in [2.24, 2.45) is 0 Å². The largest absolute Gasteiger partial charge is 0.478 e. The van der Waals surface area contributed by atoms with Gasteiger partial charge in [0, 0.05) is 18.3 Å². The lowest BCUT2D eigenvalue weighted by atomic mass is 9.74. The maximum absolute atomic E-state index is 14.9. The molecule has 0 aliphatic rings. The van der Waals surface area contributed by atoms with Crippen molar-refractivity contribution in [3.05, 3.63) is 133 Å². The highest BCUT2D eigenvalue weighted by molar-refractivity contribution is 6.11. The van der Waals surface area contributed by atoms with Crippen molar-refractivity contribution in [1.82, 2.24) is 5.32 Å². The van der Waals surface area contributed by atoms with Crippen molar-refractivity contribution in [1.29, 1.82) is 0 Å². The van der Waals surface area contributed by atoms with Crippen LogP contribution < -0.4 is 10.6 Å². The highest BCUT2D eigenvalue weighted by atomic mass is 19.4. The van der Waals surface area contributed by atoms with Crippen LogP contribution in [0.4, 0.5) is 32.0 Å². The third-order valence-electron chi connectivity index (χ3n) is 9.26. The van der Waals surface area contributed by atoms with Crippen molar-refractivity contribution in [3.8, 4) is 0 Å². The van der Waals surface area contributed by atoms with Gasteiger partial charge in [0.1, 0.15) is 11.3 Å². The van der Waals surface area contributed by atoms with Gasteiger partial charge in [0.05, 0.1) is 11.1 Å². The van der Waals surface area contributed by atoms with Crippen LogP contribution in [0.2, 0.25) is 0 Å². The van der Waals surface area contributed by atoms with Crippen LogP contribution in [0.15, 0.2) is 66.7 Å². The Morgan fingerprint density at radius 1 is 0.660 bits per heavy atom. The number of anilines is 1. The summed E-state index contributed by atoms with van der Waals surface area (Å²) < 4.78 is 88.7. The molecule has 0 bridgehead atoms. The molecule has 0 saturated heterocycles. The molecule has 0 saturated carbocycles. The Morgan fingerprint density at radius 2 is 1.22 bits per heavy atom. The molecule has 2 amide bonds. The molecule has 12 heteroatoms. The van der Waals surface area contributed by atoms with Gasteiger partial charge in [-0.2, -0.15) is 26.3 Å². The Balaban J connectivity index is 1.82. The summed E-state index contributed by atoms with van der Waals surface area (Å²) >= 11 is 0. The molecule has 50 heavy (non-hydrogen) atoms. The lowest BCUT2D eigenvalue weighted by Gasteiger charge is -2.34. The van der Waals surface area contributed by atoms with Gasteiger partial charge in [0.25, 0.3) is 11.8 Å². The van der Waals surface area contributed by atoms with Crippen LogP contribution in [-0.4, -0.2) is 42.3 Å². The third kappa shape index (κ3) is 7.10. The van der Waals surface area contributed by atoms with Crippen molar-refractivity contribution in [2.45, 2.75) is 65.2 Å². The van der Waals surface area contributed by atoms with E-state index >= 15 is 0 Å². The quantitative estimate of drug-likeness (QED) is 0.160. The summed E-state index contributed by atoms with van der Waals surface area (Å²) in [5, 5.41) is 14.7. The maximum atomic E-state index is 14.9. The lowest BCUT2D eigenvalue weighted by molar-refractivity contribution is -0.173. The molecule has 3 N–H and O–H groups in total. The molecule has 0 aliphatic heterocycles. The summed E-state index contributed by atoms with van der Waals surface area (Å²) in [6.07, 6.45) is -9.64. The molecule has 4 aromatic carbocycles. The molecule has 0 radical (unpaired) electrons. The molecule has 0 spiro atoms. The zero-order valence-electron chi connectivity index (χ0n) is 28.4. The monoisotopic (exact) mass is 698 g/mol. The molecular weight excluding hydrogens is 662 g/mol. The number of alkyl halides is 6. The van der Waals surface area contributed by atoms with Gasteiger partial charge in [-0.3, -0.25) is 9.59 Å². The number of carbonyl (C=O) groups excluding carboxylic acids is 2. The van der Waals surface area contributed by atoms with Gasteiger partial charge in [-0.15, -0.1) is 0 Å². The molecule has 2 atom stereocenters. The van der Waals surface area contributed by atoms with Crippen LogP contribution in [0.25, 0.3) is 0 Å². The number of carboxylic acid groups (broad SMARTS) is 1. The van der Waals surface area contributed by atoms with Gasteiger partial charge in [0.15, 0.2) is 0 Å². The van der Waals surface area contributed by atoms with E-state index in [2.05, 4.69) is 10.6 Å². The van der Waals surface area contributed by atoms with Gasteiger partial charge < -0.3 is 15.7 Å². The number of hydrogen-bond acceptors (Lipinski definition) is 3. The first-order valence-electron chi connectivity index (χ1n) is 15.5. The summed E-state index contributed by atoms with van der Waals surface area (Å²) in [6, 6.07) is 13.4. The molecule has 4 aromatic rings. The Morgan fingerprint density at radius 3 is 1.78 bits per heavy atom. The minimum absolute atomic E-state index is 0.0460. The van der Waals surface area contributed by atoms with Crippen LogP contribution in [0.5, 0.6) is 0 Å². The van der Waals surface area contributed by atoms with Crippen LogP contribution in [-0.2, 0) is 5.41 Å². The van der Waals surface area contributed by atoms with E-state index in [1.54, 1.807) is 19.9 Å². The van der Waals surface area contributed by atoms with Crippen LogP contribution in [0.1, 0.15) is 94.0 Å². The van der Waals surface area contributed by atoms with E-state index in [1.165, 1.54) is 57.3 Å². The maximum Gasteiger partial charge on any atom is 0.402 e. The average Bonchev–Trinajstić information content (AvgIpc) is 3.03. The Kier molecular flexibility index (Phi) is 10.3. The van der Waals surface area contributed by atoms with E-state index in [4.69, 9.17) is 0 Å². The zero-order chi connectivity index (χ0) is 37.5. The Hall–Kier alpha value is -5.13. The first kappa shape index (κ1) is 37.7. The highest BCUT2D eigenvalue weighted by Gasteiger charge is 2.54. The number of benzene rings is 4. The molecule has 0 fully saturated rings. The summed E-state index contributed by atoms with van der Waals surface area (Å²) in [4.78, 5) is 38.0. The minimum Gasteiger partial charge on any atom is -0.478 e. The van der Waals surface area contributed by atoms with E-state index in [-0.39, 0.29) is 39.1 Å². The van der Waals surface area contributed by atoms with Crippen molar-refractivity contribution in [2.75, 3.05) is 12.4 Å². The first-order valence-corrected chi connectivity index (χ1v) is 15.5. The smallest absolute Gasteiger partial charge is 0.402 e. The minimum atomic E-state index is -4.97. The number of hydrogen-bond donors (Lipinski definition) is 3. The van der Waals surface area contributed by atoms with E-state index in [0.29, 0.717) is 11.1 Å². The summed E-state index contributed by atoms with van der Waals surface area (Å²) in [7, 11) is 1.32. The average molecular weight is 699 g/mol. The molecule has 2 unspecified atom stereocenters. The van der Waals surface area contributed by atoms with Crippen LogP contribution in [0.3, 0.4) is 0 Å². The molecule has 4 rings (SSSR count). The van der Waals surface area contributed by atoms with Crippen molar-refractivity contribution < 1.29 is 45.8 Å². The second-order valence-electron chi connectivity index (χ2n) is 12.6. The number of amides is 2. The molecule has 0 aliphatic carbocycles. The molecule has 0 heterocycles. The zero-order valence-corrected chi connectivity index (χ0v) is 28.4. The fraction of sp³-hybridized carbons (Fsp3) is 0.289. The van der Waals surface area contributed by atoms with E-state index < -0.39 is 58.2 Å². The number of carboxylic acids is 1. The molecule has 6 nitrogen and oxygen atoms in total. The number of carbonyl (C=O) groups is 3.